The average molecular weight is 693 g/mol. The van der Waals surface area contributed by atoms with Crippen molar-refractivity contribution in [2.75, 3.05) is 4.90 Å². The van der Waals surface area contributed by atoms with Crippen molar-refractivity contribution in [1.82, 2.24) is 4.57 Å². The number of benzene rings is 8. The summed E-state index contributed by atoms with van der Waals surface area (Å²) < 4.78 is 2.49. The maximum Gasteiger partial charge on any atom is 0.0709 e. The Kier molecular flexibility index (Phi) is 6.39. The lowest BCUT2D eigenvalue weighted by Crippen LogP contribution is -2.18. The minimum absolute atomic E-state index is 0.131. The first-order valence-electron chi connectivity index (χ1n) is 19.1. The van der Waals surface area contributed by atoms with Gasteiger partial charge in [-0.2, -0.15) is 0 Å². The van der Waals surface area contributed by atoms with Crippen LogP contribution in [0.3, 0.4) is 0 Å². The monoisotopic (exact) mass is 692 g/mol. The molecule has 8 aromatic carbocycles. The maximum atomic E-state index is 2.57. The third-order valence-electron chi connectivity index (χ3n) is 12.6. The predicted molar refractivity (Wildman–Crippen MR) is 228 cm³/mol. The van der Waals surface area contributed by atoms with Crippen LogP contribution in [-0.4, -0.2) is 4.57 Å². The number of aromatic nitrogens is 1. The van der Waals surface area contributed by atoms with Crippen LogP contribution in [0.15, 0.2) is 170 Å². The topological polar surface area (TPSA) is 8.17 Å². The number of hydrogen-bond donors (Lipinski definition) is 0. The zero-order chi connectivity index (χ0) is 36.3. The Morgan fingerprint density at radius 2 is 0.944 bits per heavy atom. The summed E-state index contributed by atoms with van der Waals surface area (Å²) in [4.78, 5) is 2.57. The molecule has 0 atom stereocenters. The van der Waals surface area contributed by atoms with E-state index in [2.05, 4.69) is 207 Å². The van der Waals surface area contributed by atoms with Gasteiger partial charge in [-0.25, -0.2) is 0 Å². The molecule has 0 N–H and O–H groups in total. The highest BCUT2D eigenvalue weighted by Crippen LogP contribution is 2.56. The summed E-state index contributed by atoms with van der Waals surface area (Å²) in [5, 5.41) is 4.94. The zero-order valence-electron chi connectivity index (χ0n) is 31.1. The third-order valence-corrected chi connectivity index (χ3v) is 12.6. The molecule has 0 unspecified atom stereocenters. The Hall–Kier alpha value is -6.38. The summed E-state index contributed by atoms with van der Waals surface area (Å²) >= 11 is 0. The normalized spacial score (nSPS) is 14.6. The molecule has 0 amide bonds. The van der Waals surface area contributed by atoms with Gasteiger partial charge in [-0.3, -0.25) is 0 Å². The van der Waals surface area contributed by atoms with Crippen LogP contribution in [0.25, 0.3) is 60.5 Å². The molecule has 9 aromatic rings. The van der Waals surface area contributed by atoms with Crippen LogP contribution in [0.1, 0.15) is 49.9 Å². The molecule has 258 valence electrons. The first-order valence-corrected chi connectivity index (χ1v) is 19.1. The molecule has 0 fully saturated rings. The minimum atomic E-state index is -0.139. The van der Waals surface area contributed by atoms with E-state index in [0.29, 0.717) is 0 Å². The standard InChI is InChI=1S/C52H40N2/c1-51(2)42-23-12-8-21-40(42)50-43(51)24-15-27-47(50)53(35-28-29-37-36-18-7-11-22-41(36)52(3,4)44(37)32-35)48-30-33-16-5-6-17-34(33)31-49(48)54-45-25-13-9-19-38(45)39-20-10-14-26-46(39)54/h5-32H,1-4H3. The fraction of sp³-hybridized carbons (Fsp3) is 0.115. The molecule has 2 aliphatic carbocycles. The molecular formula is C52H40N2. The van der Waals surface area contributed by atoms with Gasteiger partial charge in [0.1, 0.15) is 0 Å². The lowest BCUT2D eigenvalue weighted by atomic mass is 9.82. The van der Waals surface area contributed by atoms with Crippen LogP contribution in [0.2, 0.25) is 0 Å². The molecule has 1 heterocycles. The van der Waals surface area contributed by atoms with E-state index in [-0.39, 0.29) is 10.8 Å². The van der Waals surface area contributed by atoms with Crippen LogP contribution in [0.5, 0.6) is 0 Å². The molecule has 0 aliphatic heterocycles. The van der Waals surface area contributed by atoms with Gasteiger partial charge in [0.05, 0.1) is 28.1 Å². The second-order valence-corrected chi connectivity index (χ2v) is 16.2. The lowest BCUT2D eigenvalue weighted by molar-refractivity contribution is 0.660. The Labute approximate surface area is 316 Å². The largest absolute Gasteiger partial charge is 0.308 e. The van der Waals surface area contributed by atoms with Crippen molar-refractivity contribution in [1.29, 1.82) is 0 Å². The van der Waals surface area contributed by atoms with E-state index in [1.165, 1.54) is 82.8 Å². The Morgan fingerprint density at radius 1 is 0.407 bits per heavy atom. The van der Waals surface area contributed by atoms with Crippen LogP contribution in [0, 0.1) is 0 Å². The Bertz CT molecular complexity index is 2960. The second kappa shape index (κ2) is 11.1. The SMILES string of the molecule is CC1(C)c2ccccc2-c2ccc(N(c3cc4ccccc4cc3-n3c4ccccc4c4ccccc43)c3cccc4c3-c3ccccc3C4(C)C)cc21. The lowest BCUT2D eigenvalue weighted by Gasteiger charge is -2.32. The number of hydrogen-bond acceptors (Lipinski definition) is 1. The van der Waals surface area contributed by atoms with E-state index >= 15 is 0 Å². The molecule has 0 spiro atoms. The minimum Gasteiger partial charge on any atom is -0.308 e. The first kappa shape index (κ1) is 31.2. The van der Waals surface area contributed by atoms with E-state index in [1.54, 1.807) is 0 Å². The molecular weight excluding hydrogens is 653 g/mol. The van der Waals surface area contributed by atoms with Crippen LogP contribution in [0.4, 0.5) is 17.1 Å². The highest BCUT2D eigenvalue weighted by molar-refractivity contribution is 6.11. The molecule has 2 heteroatoms. The van der Waals surface area contributed by atoms with E-state index in [0.717, 1.165) is 17.1 Å². The van der Waals surface area contributed by atoms with Crippen molar-refractivity contribution in [3.8, 4) is 27.9 Å². The van der Waals surface area contributed by atoms with Gasteiger partial charge in [0.15, 0.2) is 0 Å². The molecule has 0 saturated carbocycles. The zero-order valence-corrected chi connectivity index (χ0v) is 31.1. The number of fused-ring (bicyclic) bond motifs is 10. The summed E-state index contributed by atoms with van der Waals surface area (Å²) in [5.74, 6) is 0. The fourth-order valence-corrected chi connectivity index (χ4v) is 9.92. The van der Waals surface area contributed by atoms with Crippen LogP contribution in [-0.2, 0) is 10.8 Å². The predicted octanol–water partition coefficient (Wildman–Crippen LogP) is 14.0. The molecule has 0 bridgehead atoms. The molecule has 2 nitrogen and oxygen atoms in total. The van der Waals surface area contributed by atoms with Crippen molar-refractivity contribution in [2.24, 2.45) is 0 Å². The Balaban J connectivity index is 1.28. The molecule has 0 radical (unpaired) electrons. The van der Waals surface area contributed by atoms with Crippen LogP contribution >= 0.6 is 0 Å². The van der Waals surface area contributed by atoms with Gasteiger partial charge < -0.3 is 9.47 Å². The van der Waals surface area contributed by atoms with Gasteiger partial charge in [0, 0.05) is 32.9 Å². The smallest absolute Gasteiger partial charge is 0.0709 e. The average Bonchev–Trinajstić information content (AvgIpc) is 3.75. The summed E-state index contributed by atoms with van der Waals surface area (Å²) in [6, 6.07) is 63.5. The van der Waals surface area contributed by atoms with E-state index in [9.17, 15) is 0 Å². The molecule has 0 saturated heterocycles. The molecule has 54 heavy (non-hydrogen) atoms. The number of para-hydroxylation sites is 2. The first-order chi connectivity index (χ1) is 26.3. The maximum absolute atomic E-state index is 2.57. The number of nitrogens with zero attached hydrogens (tertiary/aromatic N) is 2. The summed E-state index contributed by atoms with van der Waals surface area (Å²) in [5.41, 5.74) is 17.5. The third kappa shape index (κ3) is 4.17. The van der Waals surface area contributed by atoms with Gasteiger partial charge in [-0.05, 0) is 92.2 Å². The van der Waals surface area contributed by atoms with Gasteiger partial charge in [0.25, 0.3) is 0 Å². The van der Waals surface area contributed by atoms with Crippen molar-refractivity contribution >= 4 is 49.6 Å². The Morgan fingerprint density at radius 3 is 1.67 bits per heavy atom. The number of anilines is 3. The van der Waals surface area contributed by atoms with Crippen molar-refractivity contribution in [2.45, 2.75) is 38.5 Å². The molecule has 1 aromatic heterocycles. The highest BCUT2D eigenvalue weighted by atomic mass is 15.2. The highest BCUT2D eigenvalue weighted by Gasteiger charge is 2.39. The van der Waals surface area contributed by atoms with Crippen LogP contribution < -0.4 is 4.90 Å². The van der Waals surface area contributed by atoms with E-state index < -0.39 is 0 Å². The molecule has 2 aliphatic rings. The summed E-state index contributed by atoms with van der Waals surface area (Å²) in [6.45, 7) is 9.51. The van der Waals surface area contributed by atoms with E-state index in [4.69, 9.17) is 0 Å². The number of rotatable bonds is 4. The van der Waals surface area contributed by atoms with Gasteiger partial charge in [-0.1, -0.05) is 155 Å². The summed E-state index contributed by atoms with van der Waals surface area (Å²) in [7, 11) is 0. The molecule has 11 rings (SSSR count). The van der Waals surface area contributed by atoms with Crippen molar-refractivity contribution in [3.05, 3.63) is 192 Å². The summed E-state index contributed by atoms with van der Waals surface area (Å²) in [6.07, 6.45) is 0. The van der Waals surface area contributed by atoms with Gasteiger partial charge in [0.2, 0.25) is 0 Å². The van der Waals surface area contributed by atoms with Gasteiger partial charge in [-0.15, -0.1) is 0 Å². The quantitative estimate of drug-likeness (QED) is 0.178. The fourth-order valence-electron chi connectivity index (χ4n) is 9.92. The second-order valence-electron chi connectivity index (χ2n) is 16.2. The van der Waals surface area contributed by atoms with Gasteiger partial charge >= 0.3 is 0 Å². The van der Waals surface area contributed by atoms with Crippen molar-refractivity contribution in [3.63, 3.8) is 0 Å². The van der Waals surface area contributed by atoms with Crippen molar-refractivity contribution < 1.29 is 0 Å². The van der Waals surface area contributed by atoms with E-state index in [1.807, 2.05) is 0 Å².